The summed E-state index contributed by atoms with van der Waals surface area (Å²) in [6, 6.07) is 0. The van der Waals surface area contributed by atoms with E-state index >= 15 is 0 Å². The minimum Gasteiger partial charge on any atom is -0.0996 e. The maximum Gasteiger partial charge on any atom is -0.00569 e. The fourth-order valence-corrected chi connectivity index (χ4v) is 1.13. The highest BCUT2D eigenvalue weighted by Crippen LogP contribution is 2.12. The Balaban J connectivity index is 4.18. The van der Waals surface area contributed by atoms with E-state index in [0.29, 0.717) is 11.8 Å². The van der Waals surface area contributed by atoms with Crippen molar-refractivity contribution in [2.24, 2.45) is 11.8 Å². The fourth-order valence-electron chi connectivity index (χ4n) is 1.13. The molecule has 0 heteroatoms. The van der Waals surface area contributed by atoms with E-state index in [0.717, 1.165) is 6.42 Å². The zero-order valence-electron chi connectivity index (χ0n) is 10.3. The molecule has 14 heavy (non-hydrogen) atoms. The summed E-state index contributed by atoms with van der Waals surface area (Å²) in [6.07, 6.45) is 7.97. The molecule has 0 aromatic rings. The topological polar surface area (TPSA) is 0 Å². The zero-order valence-corrected chi connectivity index (χ0v) is 10.3. The van der Waals surface area contributed by atoms with Gasteiger partial charge in [0, 0.05) is 0 Å². The van der Waals surface area contributed by atoms with Crippen molar-refractivity contribution in [2.75, 3.05) is 0 Å². The lowest BCUT2D eigenvalue weighted by Crippen LogP contribution is -1.92. The quantitative estimate of drug-likeness (QED) is 0.551. The van der Waals surface area contributed by atoms with Gasteiger partial charge in [0.1, 0.15) is 0 Å². The summed E-state index contributed by atoms with van der Waals surface area (Å²) in [5.41, 5.74) is 2.69. The molecule has 0 aliphatic heterocycles. The van der Waals surface area contributed by atoms with Gasteiger partial charge >= 0.3 is 0 Å². The van der Waals surface area contributed by atoms with Crippen LogP contribution in [0.25, 0.3) is 0 Å². The maximum absolute atomic E-state index is 3.94. The van der Waals surface area contributed by atoms with Crippen LogP contribution in [0.1, 0.15) is 41.0 Å². The van der Waals surface area contributed by atoms with Crippen LogP contribution in [-0.2, 0) is 0 Å². The number of allylic oxidation sites excluding steroid dienone is 5. The molecule has 0 amide bonds. The predicted octanol–water partition coefficient (Wildman–Crippen LogP) is 4.75. The second-order valence-electron chi connectivity index (χ2n) is 4.25. The van der Waals surface area contributed by atoms with Gasteiger partial charge in [0.05, 0.1) is 0 Å². The van der Waals surface area contributed by atoms with Crippen LogP contribution in [-0.4, -0.2) is 0 Å². The van der Waals surface area contributed by atoms with Crippen LogP contribution in [0.5, 0.6) is 0 Å². The lowest BCUT2D eigenvalue weighted by atomic mass is 10.00. The van der Waals surface area contributed by atoms with Crippen LogP contribution in [0.4, 0.5) is 0 Å². The molecule has 0 nitrogen and oxygen atoms in total. The van der Waals surface area contributed by atoms with E-state index in [1.165, 1.54) is 11.1 Å². The van der Waals surface area contributed by atoms with Crippen molar-refractivity contribution in [3.05, 3.63) is 36.0 Å². The Hall–Kier alpha value is -0.780. The second kappa shape index (κ2) is 6.64. The third-order valence-corrected chi connectivity index (χ3v) is 2.59. The summed E-state index contributed by atoms with van der Waals surface area (Å²) >= 11 is 0. The Labute approximate surface area is 89.4 Å². The molecular weight excluding hydrogens is 168 g/mol. The van der Waals surface area contributed by atoms with Gasteiger partial charge in [0.25, 0.3) is 0 Å². The van der Waals surface area contributed by atoms with Crippen molar-refractivity contribution >= 4 is 0 Å². The van der Waals surface area contributed by atoms with Crippen molar-refractivity contribution in [3.8, 4) is 0 Å². The van der Waals surface area contributed by atoms with E-state index in [4.69, 9.17) is 0 Å². The molecule has 0 bridgehead atoms. The molecule has 0 aliphatic rings. The lowest BCUT2D eigenvalue weighted by Gasteiger charge is -2.06. The van der Waals surface area contributed by atoms with E-state index in [1.54, 1.807) is 0 Å². The van der Waals surface area contributed by atoms with Crippen LogP contribution in [0.15, 0.2) is 36.0 Å². The van der Waals surface area contributed by atoms with E-state index in [2.05, 4.69) is 59.4 Å². The van der Waals surface area contributed by atoms with Gasteiger partial charge in [-0.2, -0.15) is 0 Å². The molecule has 80 valence electrons. The Kier molecular flexibility index (Phi) is 6.27. The minimum absolute atomic E-state index is 0.493. The number of rotatable bonds is 5. The Morgan fingerprint density at radius 1 is 1.21 bits per heavy atom. The molecule has 0 heterocycles. The van der Waals surface area contributed by atoms with Gasteiger partial charge < -0.3 is 0 Å². The maximum atomic E-state index is 3.94. The van der Waals surface area contributed by atoms with Crippen LogP contribution in [0.2, 0.25) is 0 Å². The first kappa shape index (κ1) is 13.2. The normalized spacial score (nSPS) is 17.1. The molecule has 0 aromatic heterocycles. The molecule has 0 saturated carbocycles. The zero-order chi connectivity index (χ0) is 11.1. The molecule has 0 spiro atoms. The molecule has 0 fully saturated rings. The third kappa shape index (κ3) is 5.80. The van der Waals surface area contributed by atoms with Crippen LogP contribution < -0.4 is 0 Å². The molecule has 0 saturated heterocycles. The Morgan fingerprint density at radius 2 is 1.79 bits per heavy atom. The highest BCUT2D eigenvalue weighted by Gasteiger charge is 1.97. The summed E-state index contributed by atoms with van der Waals surface area (Å²) in [5.74, 6) is 1.03. The van der Waals surface area contributed by atoms with Gasteiger partial charge in [-0.05, 0) is 32.1 Å². The van der Waals surface area contributed by atoms with Crippen LogP contribution in [0, 0.1) is 11.8 Å². The molecule has 2 unspecified atom stereocenters. The molecule has 0 rings (SSSR count). The van der Waals surface area contributed by atoms with E-state index in [-0.39, 0.29) is 0 Å². The fraction of sp³-hybridized carbons (Fsp3) is 0.571. The summed E-state index contributed by atoms with van der Waals surface area (Å²) < 4.78 is 0. The summed E-state index contributed by atoms with van der Waals surface area (Å²) in [6.45, 7) is 14.8. The van der Waals surface area contributed by atoms with Crippen molar-refractivity contribution in [3.63, 3.8) is 0 Å². The smallest absolute Gasteiger partial charge is 0.00569 e. The standard InChI is InChI=1S/C14H24/c1-7-12(4)10-13(5)8-9-14(6)11(2)3/h8-10,13-14H,2,7H2,1,3-6H3. The van der Waals surface area contributed by atoms with Gasteiger partial charge in [0.15, 0.2) is 0 Å². The highest BCUT2D eigenvalue weighted by molar-refractivity contribution is 5.10. The first-order valence-electron chi connectivity index (χ1n) is 5.48. The van der Waals surface area contributed by atoms with Gasteiger partial charge in [-0.15, -0.1) is 0 Å². The van der Waals surface area contributed by atoms with Crippen LogP contribution in [0.3, 0.4) is 0 Å². The second-order valence-corrected chi connectivity index (χ2v) is 4.25. The molecule has 0 aliphatic carbocycles. The van der Waals surface area contributed by atoms with Gasteiger partial charge in [-0.1, -0.05) is 56.7 Å². The number of hydrogen-bond donors (Lipinski definition) is 0. The first-order chi connectivity index (χ1) is 6.47. The summed E-state index contributed by atoms with van der Waals surface area (Å²) in [7, 11) is 0. The molecule has 0 radical (unpaired) electrons. The highest BCUT2D eigenvalue weighted by atomic mass is 14.0. The van der Waals surface area contributed by atoms with Crippen LogP contribution >= 0.6 is 0 Å². The number of hydrogen-bond acceptors (Lipinski definition) is 0. The SMILES string of the molecule is C=C(C)C(C)C=CC(C)C=C(C)CC. The lowest BCUT2D eigenvalue weighted by molar-refractivity contribution is 0.834. The molecular formula is C14H24. The molecule has 2 atom stereocenters. The van der Waals surface area contributed by atoms with Crippen molar-refractivity contribution in [1.82, 2.24) is 0 Å². The first-order valence-corrected chi connectivity index (χ1v) is 5.48. The van der Waals surface area contributed by atoms with Gasteiger partial charge in [-0.3, -0.25) is 0 Å². The average Bonchev–Trinajstić information content (AvgIpc) is 2.13. The monoisotopic (exact) mass is 192 g/mol. The van der Waals surface area contributed by atoms with E-state index < -0.39 is 0 Å². The van der Waals surface area contributed by atoms with E-state index in [1.807, 2.05) is 0 Å². The van der Waals surface area contributed by atoms with Crippen molar-refractivity contribution in [1.29, 1.82) is 0 Å². The van der Waals surface area contributed by atoms with Gasteiger partial charge in [-0.25, -0.2) is 0 Å². The summed E-state index contributed by atoms with van der Waals surface area (Å²) in [5, 5.41) is 0. The molecule has 0 aromatic carbocycles. The minimum atomic E-state index is 0.493. The summed E-state index contributed by atoms with van der Waals surface area (Å²) in [4.78, 5) is 0. The average molecular weight is 192 g/mol. The van der Waals surface area contributed by atoms with E-state index in [9.17, 15) is 0 Å². The van der Waals surface area contributed by atoms with Gasteiger partial charge in [0.2, 0.25) is 0 Å². The van der Waals surface area contributed by atoms with Crippen molar-refractivity contribution < 1.29 is 0 Å². The Bertz CT molecular complexity index is 230. The largest absolute Gasteiger partial charge is 0.0996 e. The molecule has 0 N–H and O–H groups in total. The third-order valence-electron chi connectivity index (χ3n) is 2.59. The predicted molar refractivity (Wildman–Crippen MR) is 66.3 cm³/mol. The Morgan fingerprint density at radius 3 is 2.21 bits per heavy atom. The van der Waals surface area contributed by atoms with Crippen molar-refractivity contribution in [2.45, 2.75) is 41.0 Å².